The van der Waals surface area contributed by atoms with Gasteiger partial charge in [0.25, 0.3) is 0 Å². The van der Waals surface area contributed by atoms with Crippen LogP contribution in [0.2, 0.25) is 0 Å². The number of amides is 1. The molecule has 22 heavy (non-hydrogen) atoms. The molecule has 0 unspecified atom stereocenters. The van der Waals surface area contributed by atoms with Crippen molar-refractivity contribution in [2.75, 3.05) is 6.61 Å². The zero-order valence-electron chi connectivity index (χ0n) is 13.1. The molecule has 1 amide bonds. The predicted molar refractivity (Wildman–Crippen MR) is 85.5 cm³/mol. The summed E-state index contributed by atoms with van der Waals surface area (Å²) in [6, 6.07) is 7.09. The third kappa shape index (κ3) is 6.92. The lowest BCUT2D eigenvalue weighted by molar-refractivity contribution is -0.134. The molecule has 2 N–H and O–H groups in total. The van der Waals surface area contributed by atoms with Gasteiger partial charge in [-0.3, -0.25) is 4.79 Å². The van der Waals surface area contributed by atoms with Crippen LogP contribution in [0, 0.1) is 0 Å². The third-order valence-electron chi connectivity index (χ3n) is 3.00. The van der Waals surface area contributed by atoms with Crippen molar-refractivity contribution in [3.63, 3.8) is 0 Å². The lowest BCUT2D eigenvalue weighted by atomic mass is 10.2. The number of carboxylic acids is 1. The smallest absolute Gasteiger partial charge is 0.352 e. The Bertz CT molecular complexity index is 520. The molecule has 0 heterocycles. The Hall–Kier alpha value is -2.30. The molecule has 0 spiro atoms. The Labute approximate surface area is 131 Å². The van der Waals surface area contributed by atoms with E-state index in [2.05, 4.69) is 12.2 Å². The van der Waals surface area contributed by atoms with Crippen LogP contribution in [0.1, 0.15) is 45.1 Å². The molecule has 0 aliphatic carbocycles. The first-order valence-electron chi connectivity index (χ1n) is 7.48. The van der Waals surface area contributed by atoms with Crippen LogP contribution in [0.25, 0.3) is 6.08 Å². The number of rotatable bonds is 9. The third-order valence-corrected chi connectivity index (χ3v) is 3.00. The summed E-state index contributed by atoms with van der Waals surface area (Å²) < 4.78 is 5.62. The van der Waals surface area contributed by atoms with E-state index in [9.17, 15) is 9.59 Å². The topological polar surface area (TPSA) is 75.6 Å². The molecule has 1 aromatic carbocycles. The molecule has 0 saturated carbocycles. The number of hydrogen-bond acceptors (Lipinski definition) is 3. The molecule has 1 rings (SSSR count). The summed E-state index contributed by atoms with van der Waals surface area (Å²) in [5.74, 6) is -0.836. The van der Waals surface area contributed by atoms with Gasteiger partial charge in [-0.25, -0.2) is 4.79 Å². The first kappa shape index (κ1) is 17.8. The van der Waals surface area contributed by atoms with Gasteiger partial charge in [0.05, 0.1) is 6.61 Å². The Balaban J connectivity index is 2.59. The molecule has 5 nitrogen and oxygen atoms in total. The molecule has 120 valence electrons. The summed E-state index contributed by atoms with van der Waals surface area (Å²) in [5.41, 5.74) is 0.533. The summed E-state index contributed by atoms with van der Waals surface area (Å²) >= 11 is 0. The van der Waals surface area contributed by atoms with E-state index in [0.29, 0.717) is 12.2 Å². The largest absolute Gasteiger partial charge is 0.494 e. The van der Waals surface area contributed by atoms with E-state index >= 15 is 0 Å². The minimum absolute atomic E-state index is 0.152. The van der Waals surface area contributed by atoms with Crippen molar-refractivity contribution in [2.24, 2.45) is 0 Å². The number of carbonyl (C=O) groups is 2. The predicted octanol–water partition coefficient (Wildman–Crippen LogP) is 3.21. The Morgan fingerprint density at radius 1 is 1.18 bits per heavy atom. The maximum absolute atomic E-state index is 11.0. The first-order valence-corrected chi connectivity index (χ1v) is 7.48. The second kappa shape index (κ2) is 9.60. The molecule has 0 bridgehead atoms. The highest BCUT2D eigenvalue weighted by molar-refractivity contribution is 5.96. The zero-order chi connectivity index (χ0) is 16.4. The van der Waals surface area contributed by atoms with Gasteiger partial charge in [0, 0.05) is 6.92 Å². The standard InChI is InChI=1S/C17H23NO4/c1-3-4-5-6-11-22-15-9-7-14(8-10-15)12-16(17(20)21)18-13(2)19/h7-10,12H,3-6,11H2,1-2H3,(H,18,19)(H,20,21)/b16-12-. The van der Waals surface area contributed by atoms with Gasteiger partial charge in [0.2, 0.25) is 5.91 Å². The van der Waals surface area contributed by atoms with E-state index in [1.165, 1.54) is 25.8 Å². The Morgan fingerprint density at radius 3 is 2.41 bits per heavy atom. The zero-order valence-corrected chi connectivity index (χ0v) is 13.1. The highest BCUT2D eigenvalue weighted by Gasteiger charge is 2.08. The average Bonchev–Trinajstić information content (AvgIpc) is 2.47. The molecule has 1 aromatic rings. The van der Waals surface area contributed by atoms with Crippen molar-refractivity contribution in [2.45, 2.75) is 39.5 Å². The highest BCUT2D eigenvalue weighted by atomic mass is 16.5. The molecule has 0 aromatic heterocycles. The van der Waals surface area contributed by atoms with Gasteiger partial charge >= 0.3 is 5.97 Å². The number of ether oxygens (including phenoxy) is 1. The van der Waals surface area contributed by atoms with Crippen molar-refractivity contribution in [1.82, 2.24) is 5.32 Å². The summed E-state index contributed by atoms with van der Waals surface area (Å²) in [7, 11) is 0. The fraction of sp³-hybridized carbons (Fsp3) is 0.412. The fourth-order valence-electron chi connectivity index (χ4n) is 1.89. The minimum atomic E-state index is -1.17. The van der Waals surface area contributed by atoms with E-state index < -0.39 is 11.9 Å². The van der Waals surface area contributed by atoms with E-state index in [1.807, 2.05) is 0 Å². The van der Waals surface area contributed by atoms with Gasteiger partial charge in [-0.2, -0.15) is 0 Å². The Morgan fingerprint density at radius 2 is 1.86 bits per heavy atom. The number of hydrogen-bond donors (Lipinski definition) is 2. The SMILES string of the molecule is CCCCCCOc1ccc(/C=C(\NC(C)=O)C(=O)O)cc1. The van der Waals surface area contributed by atoms with E-state index in [1.54, 1.807) is 24.3 Å². The number of nitrogens with one attached hydrogen (secondary N) is 1. The van der Waals surface area contributed by atoms with Gasteiger partial charge in [0.1, 0.15) is 11.4 Å². The number of aliphatic carboxylic acids is 1. The lowest BCUT2D eigenvalue weighted by Crippen LogP contribution is -2.24. The summed E-state index contributed by atoms with van der Waals surface area (Å²) in [6.07, 6.45) is 6.02. The summed E-state index contributed by atoms with van der Waals surface area (Å²) in [6.45, 7) is 4.12. The van der Waals surface area contributed by atoms with Crippen LogP contribution < -0.4 is 10.1 Å². The molecular formula is C17H23NO4. The number of carboxylic acid groups (broad SMARTS) is 1. The van der Waals surface area contributed by atoms with Gasteiger partial charge in [-0.1, -0.05) is 38.3 Å². The van der Waals surface area contributed by atoms with Crippen LogP contribution in [-0.4, -0.2) is 23.6 Å². The van der Waals surface area contributed by atoms with Gasteiger partial charge in [-0.15, -0.1) is 0 Å². The normalized spacial score (nSPS) is 11.1. The molecule has 0 radical (unpaired) electrons. The molecule has 0 atom stereocenters. The van der Waals surface area contributed by atoms with Crippen LogP contribution in [0.15, 0.2) is 30.0 Å². The Kier molecular flexibility index (Phi) is 7.75. The summed E-state index contributed by atoms with van der Waals surface area (Å²) in [5, 5.41) is 11.3. The van der Waals surface area contributed by atoms with Crippen molar-refractivity contribution in [1.29, 1.82) is 0 Å². The molecule has 0 aliphatic heterocycles. The van der Waals surface area contributed by atoms with Crippen molar-refractivity contribution in [3.8, 4) is 5.75 Å². The fourth-order valence-corrected chi connectivity index (χ4v) is 1.89. The monoisotopic (exact) mass is 305 g/mol. The molecule has 0 fully saturated rings. The van der Waals surface area contributed by atoms with E-state index in [4.69, 9.17) is 9.84 Å². The second-order valence-electron chi connectivity index (χ2n) is 5.02. The maximum Gasteiger partial charge on any atom is 0.352 e. The van der Waals surface area contributed by atoms with Crippen LogP contribution in [0.5, 0.6) is 5.75 Å². The first-order chi connectivity index (χ1) is 10.5. The molecular weight excluding hydrogens is 282 g/mol. The van der Waals surface area contributed by atoms with Crippen molar-refractivity contribution in [3.05, 3.63) is 35.5 Å². The lowest BCUT2D eigenvalue weighted by Gasteiger charge is -2.07. The number of carbonyl (C=O) groups excluding carboxylic acids is 1. The van der Waals surface area contributed by atoms with Crippen LogP contribution in [-0.2, 0) is 9.59 Å². The second-order valence-corrected chi connectivity index (χ2v) is 5.02. The van der Waals surface area contributed by atoms with Gasteiger partial charge < -0.3 is 15.2 Å². The average molecular weight is 305 g/mol. The van der Waals surface area contributed by atoms with E-state index in [-0.39, 0.29) is 5.70 Å². The molecule has 5 heteroatoms. The highest BCUT2D eigenvalue weighted by Crippen LogP contribution is 2.15. The van der Waals surface area contributed by atoms with Gasteiger partial charge in [-0.05, 0) is 30.2 Å². The van der Waals surface area contributed by atoms with Crippen LogP contribution in [0.3, 0.4) is 0 Å². The van der Waals surface area contributed by atoms with Crippen LogP contribution >= 0.6 is 0 Å². The van der Waals surface area contributed by atoms with Crippen molar-refractivity contribution < 1.29 is 19.4 Å². The summed E-state index contributed by atoms with van der Waals surface area (Å²) in [4.78, 5) is 22.0. The number of unbranched alkanes of at least 4 members (excludes halogenated alkanes) is 3. The molecule has 0 saturated heterocycles. The number of benzene rings is 1. The van der Waals surface area contributed by atoms with Gasteiger partial charge in [0.15, 0.2) is 0 Å². The quantitative estimate of drug-likeness (QED) is 0.542. The van der Waals surface area contributed by atoms with Crippen molar-refractivity contribution >= 4 is 18.0 Å². The minimum Gasteiger partial charge on any atom is -0.494 e. The maximum atomic E-state index is 11.0. The molecule has 0 aliphatic rings. The van der Waals surface area contributed by atoms with E-state index in [0.717, 1.165) is 18.6 Å². The van der Waals surface area contributed by atoms with Crippen LogP contribution in [0.4, 0.5) is 0 Å².